The Kier molecular flexibility index (Phi) is 5.06. The van der Waals surface area contributed by atoms with E-state index in [4.69, 9.17) is 9.97 Å². The summed E-state index contributed by atoms with van der Waals surface area (Å²) in [5.74, 6) is 2.81. The van der Waals surface area contributed by atoms with E-state index >= 15 is 0 Å². The average Bonchev–Trinajstić information content (AvgIpc) is 3.70. The van der Waals surface area contributed by atoms with Crippen LogP contribution in [-0.4, -0.2) is 36.9 Å². The number of nitrogens with zero attached hydrogens (tertiary/aromatic N) is 5. The molecule has 2 aliphatic rings. The van der Waals surface area contributed by atoms with Gasteiger partial charge in [-0.1, -0.05) is 24.6 Å². The Balaban J connectivity index is 1.55. The largest absolute Gasteiger partial charge is 0.297 e. The summed E-state index contributed by atoms with van der Waals surface area (Å²) in [6.45, 7) is 12.3. The van der Waals surface area contributed by atoms with E-state index in [1.807, 2.05) is 6.20 Å². The molecule has 0 atom stereocenters. The third-order valence-corrected chi connectivity index (χ3v) is 7.45. The molecule has 2 saturated carbocycles. The number of hydrogen-bond acceptors (Lipinski definition) is 3. The molecule has 0 spiro atoms. The summed E-state index contributed by atoms with van der Waals surface area (Å²) in [7, 11) is 0. The molecule has 0 amide bonds. The zero-order chi connectivity index (χ0) is 22.7. The molecule has 0 bridgehead atoms. The molecule has 0 unspecified atom stereocenters. The molecule has 5 heteroatoms. The van der Waals surface area contributed by atoms with Crippen molar-refractivity contribution >= 4 is 16.9 Å². The second kappa shape index (κ2) is 7.98. The number of hydrogen-bond donors (Lipinski definition) is 0. The van der Waals surface area contributed by atoms with Gasteiger partial charge in [-0.25, -0.2) is 9.97 Å². The molecule has 0 radical (unpaired) electrons. The fourth-order valence-corrected chi connectivity index (χ4v) is 5.64. The molecule has 0 N–H and O–H groups in total. The lowest BCUT2D eigenvalue weighted by Crippen LogP contribution is -2.28. The van der Waals surface area contributed by atoms with E-state index < -0.39 is 0 Å². The van der Waals surface area contributed by atoms with Crippen LogP contribution < -0.4 is 0 Å². The van der Waals surface area contributed by atoms with Crippen LogP contribution in [0.3, 0.4) is 0 Å². The fourth-order valence-electron chi connectivity index (χ4n) is 5.64. The highest BCUT2D eigenvalue weighted by Gasteiger charge is 2.31. The Morgan fingerprint density at radius 3 is 2.27 bits per heavy atom. The van der Waals surface area contributed by atoms with Crippen LogP contribution in [0.5, 0.6) is 0 Å². The summed E-state index contributed by atoms with van der Waals surface area (Å²) in [4.78, 5) is 12.8. The highest BCUT2D eigenvalue weighted by molar-refractivity contribution is 5.81. The smallest absolute Gasteiger partial charge is 0.221 e. The predicted molar refractivity (Wildman–Crippen MR) is 134 cm³/mol. The molecule has 2 fully saturated rings. The maximum atomic E-state index is 5.25. The van der Waals surface area contributed by atoms with Crippen molar-refractivity contribution in [3.8, 4) is 5.69 Å². The van der Waals surface area contributed by atoms with Crippen molar-refractivity contribution < 1.29 is 0 Å². The van der Waals surface area contributed by atoms with Gasteiger partial charge in [-0.05, 0) is 88.0 Å². The Hall–Kier alpha value is -2.66. The third-order valence-electron chi connectivity index (χ3n) is 7.45. The zero-order valence-corrected chi connectivity index (χ0v) is 20.4. The van der Waals surface area contributed by atoms with Gasteiger partial charge in [-0.2, -0.15) is 0 Å². The van der Waals surface area contributed by atoms with Gasteiger partial charge < -0.3 is 0 Å². The number of imidazole rings is 2. The lowest BCUT2D eigenvalue weighted by atomic mass is 10.1. The molecule has 0 aliphatic heterocycles. The molecular formula is C28H35N5. The standard InChI is InChI=1S/C28H35N5/c1-5-23-25(17-31(15-21-8-9-21)16-22-10-11-22)32-24-7-6-12-29-27(24)33(28(32)30-23)26-19(3)13-18(2)14-20(26)4/h6-7,12-14,21-22H,5,8-11,15-17H2,1-4H3. The number of pyridine rings is 1. The van der Waals surface area contributed by atoms with Gasteiger partial charge in [-0.15, -0.1) is 0 Å². The highest BCUT2D eigenvalue weighted by Crippen LogP contribution is 2.36. The second-order valence-electron chi connectivity index (χ2n) is 10.5. The quantitative estimate of drug-likeness (QED) is 0.348. The molecule has 3 heterocycles. The summed E-state index contributed by atoms with van der Waals surface area (Å²) < 4.78 is 4.71. The molecule has 1 aromatic carbocycles. The topological polar surface area (TPSA) is 38.4 Å². The van der Waals surface area contributed by atoms with Crippen LogP contribution in [0.4, 0.5) is 0 Å². The molecular weight excluding hydrogens is 406 g/mol. The van der Waals surface area contributed by atoms with Crippen LogP contribution in [0.1, 0.15) is 60.7 Å². The number of rotatable bonds is 8. The maximum absolute atomic E-state index is 5.25. The van der Waals surface area contributed by atoms with Crippen LogP contribution in [-0.2, 0) is 13.0 Å². The van der Waals surface area contributed by atoms with Crippen molar-refractivity contribution in [1.82, 2.24) is 23.8 Å². The summed E-state index contributed by atoms with van der Waals surface area (Å²) in [6, 6.07) is 8.81. The molecule has 2 aliphatic carbocycles. The van der Waals surface area contributed by atoms with E-state index in [1.165, 1.54) is 72.5 Å². The van der Waals surface area contributed by atoms with Crippen LogP contribution in [0.2, 0.25) is 0 Å². The summed E-state index contributed by atoms with van der Waals surface area (Å²) in [5.41, 5.74) is 9.78. The Morgan fingerprint density at radius 2 is 1.67 bits per heavy atom. The van der Waals surface area contributed by atoms with E-state index in [-0.39, 0.29) is 0 Å². The van der Waals surface area contributed by atoms with Gasteiger partial charge >= 0.3 is 0 Å². The summed E-state index contributed by atoms with van der Waals surface area (Å²) in [5, 5.41) is 0. The molecule has 5 nitrogen and oxygen atoms in total. The monoisotopic (exact) mass is 441 g/mol. The third kappa shape index (κ3) is 3.76. The number of benzene rings is 1. The van der Waals surface area contributed by atoms with Crippen molar-refractivity contribution in [2.75, 3.05) is 13.1 Å². The predicted octanol–water partition coefficient (Wildman–Crippen LogP) is 5.78. The Morgan fingerprint density at radius 1 is 1.00 bits per heavy atom. The minimum Gasteiger partial charge on any atom is -0.297 e. The summed E-state index contributed by atoms with van der Waals surface area (Å²) in [6.07, 6.45) is 8.46. The Labute approximate surface area is 196 Å². The Bertz CT molecular complexity index is 1300. The average molecular weight is 442 g/mol. The lowest BCUT2D eigenvalue weighted by Gasteiger charge is -2.22. The lowest BCUT2D eigenvalue weighted by molar-refractivity contribution is 0.240. The normalized spacial score (nSPS) is 16.5. The van der Waals surface area contributed by atoms with E-state index in [0.29, 0.717) is 0 Å². The first kappa shape index (κ1) is 20.9. The summed E-state index contributed by atoms with van der Waals surface area (Å²) >= 11 is 0. The van der Waals surface area contributed by atoms with E-state index in [9.17, 15) is 0 Å². The number of aryl methyl sites for hydroxylation is 4. The van der Waals surface area contributed by atoms with E-state index in [2.05, 4.69) is 65.8 Å². The minimum atomic E-state index is 0.901. The van der Waals surface area contributed by atoms with E-state index in [0.717, 1.165) is 41.7 Å². The first-order chi connectivity index (χ1) is 16.0. The first-order valence-corrected chi connectivity index (χ1v) is 12.7. The van der Waals surface area contributed by atoms with Crippen molar-refractivity contribution in [3.63, 3.8) is 0 Å². The molecule has 33 heavy (non-hydrogen) atoms. The molecule has 3 aromatic heterocycles. The van der Waals surface area contributed by atoms with Crippen LogP contribution >= 0.6 is 0 Å². The van der Waals surface area contributed by atoms with Crippen molar-refractivity contribution in [2.24, 2.45) is 11.8 Å². The van der Waals surface area contributed by atoms with Crippen LogP contribution in [0.25, 0.3) is 22.6 Å². The minimum absolute atomic E-state index is 0.901. The second-order valence-corrected chi connectivity index (χ2v) is 10.5. The van der Waals surface area contributed by atoms with Crippen LogP contribution in [0, 0.1) is 32.6 Å². The first-order valence-electron chi connectivity index (χ1n) is 12.7. The molecule has 0 saturated heterocycles. The van der Waals surface area contributed by atoms with Gasteiger partial charge in [0.1, 0.15) is 0 Å². The van der Waals surface area contributed by atoms with E-state index in [1.54, 1.807) is 0 Å². The van der Waals surface area contributed by atoms with Crippen molar-refractivity contribution in [3.05, 3.63) is 58.5 Å². The fraction of sp³-hybridized carbons (Fsp3) is 0.500. The van der Waals surface area contributed by atoms with Crippen molar-refractivity contribution in [2.45, 2.75) is 66.3 Å². The van der Waals surface area contributed by atoms with Crippen LogP contribution in [0.15, 0.2) is 30.5 Å². The van der Waals surface area contributed by atoms with Crippen molar-refractivity contribution in [1.29, 1.82) is 0 Å². The molecule has 6 rings (SSSR count). The van der Waals surface area contributed by atoms with Gasteiger partial charge in [-0.3, -0.25) is 13.9 Å². The molecule has 172 valence electrons. The van der Waals surface area contributed by atoms with Gasteiger partial charge in [0, 0.05) is 25.8 Å². The SMILES string of the molecule is CCc1nc2n(-c3c(C)cc(C)cc3C)c3ncccc3n2c1CN(CC1CC1)CC1CC1. The zero-order valence-electron chi connectivity index (χ0n) is 20.4. The molecule has 4 aromatic rings. The van der Waals surface area contributed by atoms with Gasteiger partial charge in [0.25, 0.3) is 0 Å². The number of fused-ring (bicyclic) bond motifs is 3. The van der Waals surface area contributed by atoms with Gasteiger partial charge in [0.15, 0.2) is 5.65 Å². The maximum Gasteiger partial charge on any atom is 0.221 e. The number of aromatic nitrogens is 4. The highest BCUT2D eigenvalue weighted by atomic mass is 15.3. The van der Waals surface area contributed by atoms with Gasteiger partial charge in [0.2, 0.25) is 5.78 Å². The van der Waals surface area contributed by atoms with Gasteiger partial charge in [0.05, 0.1) is 22.6 Å².